The molecule has 1 aromatic carbocycles. The first kappa shape index (κ1) is 15.0. The molecular weight excluding hydrogens is 246 g/mol. The molecule has 0 aromatic heterocycles. The predicted octanol–water partition coefficient (Wildman–Crippen LogP) is 3.73. The zero-order valence-corrected chi connectivity index (χ0v) is 12.3. The van der Waals surface area contributed by atoms with Crippen LogP contribution in [0, 0.1) is 0 Å². The molecule has 0 aliphatic carbocycles. The minimum Gasteiger partial charge on any atom is -0.350 e. The third-order valence-corrected chi connectivity index (χ3v) is 3.12. The lowest BCUT2D eigenvalue weighted by atomic mass is 9.83. The summed E-state index contributed by atoms with van der Waals surface area (Å²) in [5, 5.41) is 2.99. The molecule has 0 spiro atoms. The number of hydrogen-bond donors (Lipinski definition) is 1. The predicted molar refractivity (Wildman–Crippen MR) is 77.4 cm³/mol. The van der Waals surface area contributed by atoms with Crippen LogP contribution in [0.5, 0.6) is 0 Å². The molecular formula is C15H22ClNO. The molecule has 0 radical (unpaired) electrons. The van der Waals surface area contributed by atoms with Gasteiger partial charge in [0.15, 0.2) is 0 Å². The van der Waals surface area contributed by atoms with Crippen molar-refractivity contribution in [3.05, 3.63) is 35.4 Å². The summed E-state index contributed by atoms with van der Waals surface area (Å²) in [6.45, 7) is 8.31. The van der Waals surface area contributed by atoms with Crippen LogP contribution in [0.1, 0.15) is 50.0 Å². The van der Waals surface area contributed by atoms with Crippen molar-refractivity contribution >= 4 is 17.5 Å². The fraction of sp³-hybridized carbons (Fsp3) is 0.533. The molecule has 18 heavy (non-hydrogen) atoms. The maximum absolute atomic E-state index is 12.2. The normalized spacial score (nSPS) is 13.2. The Kier molecular flexibility index (Phi) is 5.21. The standard InChI is InChI=1S/C15H22ClNO/c1-11(9-10-16)17-14(18)12-7-5-6-8-13(12)15(2,3)4/h5-8,11H,9-10H2,1-4H3,(H,17,18). The average molecular weight is 268 g/mol. The molecule has 1 atom stereocenters. The number of alkyl halides is 1. The number of hydrogen-bond acceptors (Lipinski definition) is 1. The van der Waals surface area contributed by atoms with Gasteiger partial charge in [-0.2, -0.15) is 0 Å². The molecule has 2 nitrogen and oxygen atoms in total. The maximum Gasteiger partial charge on any atom is 0.251 e. The van der Waals surface area contributed by atoms with Gasteiger partial charge in [0.1, 0.15) is 0 Å². The van der Waals surface area contributed by atoms with Crippen LogP contribution >= 0.6 is 11.6 Å². The molecule has 1 rings (SSSR count). The van der Waals surface area contributed by atoms with E-state index < -0.39 is 0 Å². The second kappa shape index (κ2) is 6.24. The minimum absolute atomic E-state index is 0.0156. The first-order chi connectivity index (χ1) is 8.36. The lowest BCUT2D eigenvalue weighted by molar-refractivity contribution is 0.0937. The molecule has 0 aliphatic heterocycles. The second-order valence-corrected chi connectivity index (χ2v) is 6.03. The fourth-order valence-electron chi connectivity index (χ4n) is 1.87. The Hall–Kier alpha value is -1.02. The second-order valence-electron chi connectivity index (χ2n) is 5.65. The average Bonchev–Trinajstić information content (AvgIpc) is 2.28. The molecule has 0 fully saturated rings. The van der Waals surface area contributed by atoms with Crippen molar-refractivity contribution in [3.63, 3.8) is 0 Å². The summed E-state index contributed by atoms with van der Waals surface area (Å²) in [7, 11) is 0. The van der Waals surface area contributed by atoms with E-state index in [1.54, 1.807) is 0 Å². The molecule has 0 saturated heterocycles. The van der Waals surface area contributed by atoms with Gasteiger partial charge in [-0.05, 0) is 30.4 Å². The van der Waals surface area contributed by atoms with Crippen LogP contribution in [-0.2, 0) is 5.41 Å². The van der Waals surface area contributed by atoms with E-state index in [-0.39, 0.29) is 17.4 Å². The van der Waals surface area contributed by atoms with Crippen LogP contribution in [0.25, 0.3) is 0 Å². The first-order valence-corrected chi connectivity index (χ1v) is 6.86. The van der Waals surface area contributed by atoms with Crippen LogP contribution in [0.2, 0.25) is 0 Å². The SMILES string of the molecule is CC(CCCl)NC(=O)c1ccccc1C(C)(C)C. The summed E-state index contributed by atoms with van der Waals surface area (Å²) < 4.78 is 0. The number of carbonyl (C=O) groups excluding carboxylic acids is 1. The highest BCUT2D eigenvalue weighted by atomic mass is 35.5. The summed E-state index contributed by atoms with van der Waals surface area (Å²) in [6.07, 6.45) is 0.783. The van der Waals surface area contributed by atoms with E-state index in [1.807, 2.05) is 31.2 Å². The molecule has 1 unspecified atom stereocenters. The van der Waals surface area contributed by atoms with Gasteiger partial charge < -0.3 is 5.32 Å². The maximum atomic E-state index is 12.2. The Morgan fingerprint density at radius 1 is 1.33 bits per heavy atom. The largest absolute Gasteiger partial charge is 0.350 e. The van der Waals surface area contributed by atoms with Gasteiger partial charge in [-0.15, -0.1) is 11.6 Å². The summed E-state index contributed by atoms with van der Waals surface area (Å²) in [5.74, 6) is 0.542. The van der Waals surface area contributed by atoms with Crippen LogP contribution in [-0.4, -0.2) is 17.8 Å². The van der Waals surface area contributed by atoms with Crippen LogP contribution in [0.3, 0.4) is 0 Å². The summed E-state index contributed by atoms with van der Waals surface area (Å²) in [6, 6.07) is 7.86. The Labute approximate surface area is 115 Å². The van der Waals surface area contributed by atoms with Gasteiger partial charge >= 0.3 is 0 Å². The molecule has 0 bridgehead atoms. The van der Waals surface area contributed by atoms with Gasteiger partial charge in [-0.3, -0.25) is 4.79 Å². The fourth-order valence-corrected chi connectivity index (χ4v) is 2.20. The van der Waals surface area contributed by atoms with E-state index in [0.29, 0.717) is 5.88 Å². The van der Waals surface area contributed by atoms with Gasteiger partial charge in [0, 0.05) is 17.5 Å². The Bertz CT molecular complexity index is 409. The number of carbonyl (C=O) groups is 1. The van der Waals surface area contributed by atoms with Crippen LogP contribution in [0.15, 0.2) is 24.3 Å². The topological polar surface area (TPSA) is 29.1 Å². The van der Waals surface area contributed by atoms with Gasteiger partial charge in [-0.25, -0.2) is 0 Å². The number of halogens is 1. The number of rotatable bonds is 4. The first-order valence-electron chi connectivity index (χ1n) is 6.32. The number of nitrogens with one attached hydrogen (secondary N) is 1. The highest BCUT2D eigenvalue weighted by molar-refractivity contribution is 6.17. The van der Waals surface area contributed by atoms with Crippen molar-refractivity contribution < 1.29 is 4.79 Å². The molecule has 0 heterocycles. The van der Waals surface area contributed by atoms with E-state index in [1.165, 1.54) is 0 Å². The van der Waals surface area contributed by atoms with Crippen molar-refractivity contribution in [2.24, 2.45) is 0 Å². The van der Waals surface area contributed by atoms with E-state index in [0.717, 1.165) is 17.5 Å². The molecule has 1 aromatic rings. The molecule has 3 heteroatoms. The van der Waals surface area contributed by atoms with Crippen molar-refractivity contribution in [1.29, 1.82) is 0 Å². The van der Waals surface area contributed by atoms with Gasteiger partial charge in [0.05, 0.1) is 0 Å². The summed E-state index contributed by atoms with van der Waals surface area (Å²) >= 11 is 5.68. The lowest BCUT2D eigenvalue weighted by Crippen LogP contribution is -2.34. The summed E-state index contributed by atoms with van der Waals surface area (Å²) in [5.41, 5.74) is 1.79. The van der Waals surface area contributed by atoms with Crippen molar-refractivity contribution in [3.8, 4) is 0 Å². The van der Waals surface area contributed by atoms with E-state index >= 15 is 0 Å². The van der Waals surface area contributed by atoms with E-state index in [2.05, 4.69) is 26.1 Å². The third kappa shape index (κ3) is 4.02. The molecule has 100 valence electrons. The minimum atomic E-state index is -0.0380. The quantitative estimate of drug-likeness (QED) is 0.828. The highest BCUT2D eigenvalue weighted by Crippen LogP contribution is 2.25. The molecule has 1 N–H and O–H groups in total. The zero-order valence-electron chi connectivity index (χ0n) is 11.6. The van der Waals surface area contributed by atoms with Crippen LogP contribution in [0.4, 0.5) is 0 Å². The van der Waals surface area contributed by atoms with Crippen molar-refractivity contribution in [2.45, 2.75) is 45.6 Å². The Balaban J connectivity index is 2.93. The molecule has 1 amide bonds. The lowest BCUT2D eigenvalue weighted by Gasteiger charge is -2.23. The summed E-state index contributed by atoms with van der Waals surface area (Å²) in [4.78, 5) is 12.2. The monoisotopic (exact) mass is 267 g/mol. The smallest absolute Gasteiger partial charge is 0.251 e. The van der Waals surface area contributed by atoms with Gasteiger partial charge in [0.25, 0.3) is 5.91 Å². The Morgan fingerprint density at radius 2 is 1.94 bits per heavy atom. The van der Waals surface area contributed by atoms with Crippen LogP contribution < -0.4 is 5.32 Å². The van der Waals surface area contributed by atoms with Gasteiger partial charge in [-0.1, -0.05) is 39.0 Å². The van der Waals surface area contributed by atoms with Gasteiger partial charge in [0.2, 0.25) is 0 Å². The zero-order chi connectivity index (χ0) is 13.8. The van der Waals surface area contributed by atoms with Crippen molar-refractivity contribution in [2.75, 3.05) is 5.88 Å². The Morgan fingerprint density at radius 3 is 2.50 bits per heavy atom. The number of amides is 1. The molecule has 0 saturated carbocycles. The number of benzene rings is 1. The van der Waals surface area contributed by atoms with E-state index in [9.17, 15) is 4.79 Å². The third-order valence-electron chi connectivity index (χ3n) is 2.90. The highest BCUT2D eigenvalue weighted by Gasteiger charge is 2.21. The van der Waals surface area contributed by atoms with Crippen molar-refractivity contribution in [1.82, 2.24) is 5.32 Å². The molecule has 0 aliphatic rings. The van der Waals surface area contributed by atoms with E-state index in [4.69, 9.17) is 11.6 Å².